The molecule has 24 heavy (non-hydrogen) atoms. The molecule has 0 radical (unpaired) electrons. The molecule has 1 spiro atoms. The highest BCUT2D eigenvalue weighted by molar-refractivity contribution is 8.01. The molecule has 2 aliphatic rings. The van der Waals surface area contributed by atoms with E-state index in [1.165, 1.54) is 0 Å². The third-order valence-electron chi connectivity index (χ3n) is 4.58. The van der Waals surface area contributed by atoms with Gasteiger partial charge >= 0.3 is 0 Å². The van der Waals surface area contributed by atoms with Crippen LogP contribution in [-0.4, -0.2) is 78.2 Å². The maximum absolute atomic E-state index is 11.6. The lowest BCUT2D eigenvalue weighted by atomic mass is 9.92. The Morgan fingerprint density at radius 3 is 3.00 bits per heavy atom. The molecule has 3 rings (SSSR count). The van der Waals surface area contributed by atoms with E-state index >= 15 is 0 Å². The summed E-state index contributed by atoms with van der Waals surface area (Å²) in [6.45, 7) is 3.16. The Kier molecular flexibility index (Phi) is 5.32. The van der Waals surface area contributed by atoms with Crippen LogP contribution in [0, 0.1) is 0 Å². The third kappa shape index (κ3) is 3.84. The Labute approximate surface area is 147 Å². The Hall–Kier alpha value is -1.31. The summed E-state index contributed by atoms with van der Waals surface area (Å²) in [5.41, 5.74) is 1.13. The first-order valence-corrected chi connectivity index (χ1v) is 9.16. The van der Waals surface area contributed by atoms with Crippen molar-refractivity contribution in [1.29, 1.82) is 0 Å². The standard InChI is InChI=1S/C17H25N3O3S/c1-19(2)15(21)9-23-14-7-17(24-10-14)11-20(12-17)8-13-5-4-6-18-16(13)22-3/h4-6,14H,7-12H2,1-3H3/t14-/m0/s1. The fourth-order valence-corrected chi connectivity index (χ4v) is 4.90. The quantitative estimate of drug-likeness (QED) is 0.769. The van der Waals surface area contributed by atoms with Gasteiger partial charge in [0.15, 0.2) is 0 Å². The van der Waals surface area contributed by atoms with E-state index in [4.69, 9.17) is 9.47 Å². The number of ether oxygens (including phenoxy) is 2. The van der Waals surface area contributed by atoms with Crippen LogP contribution in [0.2, 0.25) is 0 Å². The molecule has 0 bridgehead atoms. The van der Waals surface area contributed by atoms with Gasteiger partial charge in [0.1, 0.15) is 6.61 Å². The van der Waals surface area contributed by atoms with Crippen molar-refractivity contribution in [3.05, 3.63) is 23.9 Å². The van der Waals surface area contributed by atoms with Crippen molar-refractivity contribution < 1.29 is 14.3 Å². The minimum atomic E-state index is 0.0276. The molecule has 0 aromatic carbocycles. The van der Waals surface area contributed by atoms with Crippen LogP contribution in [0.5, 0.6) is 5.88 Å². The largest absolute Gasteiger partial charge is 0.481 e. The lowest BCUT2D eigenvalue weighted by Gasteiger charge is -2.47. The molecule has 0 saturated carbocycles. The molecule has 1 aromatic heterocycles. The number of aromatic nitrogens is 1. The van der Waals surface area contributed by atoms with Crippen molar-refractivity contribution in [1.82, 2.24) is 14.8 Å². The van der Waals surface area contributed by atoms with Crippen LogP contribution < -0.4 is 4.74 Å². The van der Waals surface area contributed by atoms with E-state index in [1.807, 2.05) is 17.8 Å². The highest BCUT2D eigenvalue weighted by Crippen LogP contribution is 2.46. The van der Waals surface area contributed by atoms with E-state index in [0.29, 0.717) is 10.6 Å². The minimum absolute atomic E-state index is 0.0276. The number of nitrogens with zero attached hydrogens (tertiary/aromatic N) is 3. The van der Waals surface area contributed by atoms with Gasteiger partial charge in [0.05, 0.1) is 13.2 Å². The van der Waals surface area contributed by atoms with E-state index in [0.717, 1.165) is 37.4 Å². The van der Waals surface area contributed by atoms with E-state index in [9.17, 15) is 4.79 Å². The number of likely N-dealkylation sites (N-methyl/N-ethyl adjacent to an activating group) is 1. The Bertz CT molecular complexity index is 590. The van der Waals surface area contributed by atoms with Crippen LogP contribution in [0.4, 0.5) is 0 Å². The first-order valence-electron chi connectivity index (χ1n) is 8.17. The summed E-state index contributed by atoms with van der Waals surface area (Å²) >= 11 is 1.99. The van der Waals surface area contributed by atoms with E-state index in [-0.39, 0.29) is 18.6 Å². The molecule has 132 valence electrons. The Balaban J connectivity index is 1.45. The molecule has 2 saturated heterocycles. The Morgan fingerprint density at radius 1 is 1.50 bits per heavy atom. The average molecular weight is 351 g/mol. The summed E-state index contributed by atoms with van der Waals surface area (Å²) in [7, 11) is 5.17. The van der Waals surface area contributed by atoms with Crippen molar-refractivity contribution in [2.24, 2.45) is 0 Å². The summed E-state index contributed by atoms with van der Waals surface area (Å²) in [5.74, 6) is 1.71. The summed E-state index contributed by atoms with van der Waals surface area (Å²) in [5, 5.41) is 0. The predicted molar refractivity (Wildman–Crippen MR) is 94.3 cm³/mol. The number of rotatable bonds is 6. The van der Waals surface area contributed by atoms with Gasteiger partial charge in [-0.25, -0.2) is 4.98 Å². The maximum Gasteiger partial charge on any atom is 0.248 e. The first kappa shape index (κ1) is 17.5. The third-order valence-corrected chi connectivity index (χ3v) is 6.15. The number of thioether (sulfide) groups is 1. The van der Waals surface area contributed by atoms with Crippen LogP contribution in [0.1, 0.15) is 12.0 Å². The minimum Gasteiger partial charge on any atom is -0.481 e. The van der Waals surface area contributed by atoms with Gasteiger partial charge in [-0.15, -0.1) is 11.8 Å². The van der Waals surface area contributed by atoms with E-state index in [1.54, 1.807) is 32.3 Å². The van der Waals surface area contributed by atoms with Gasteiger partial charge in [0.25, 0.3) is 0 Å². The molecule has 1 aromatic rings. The van der Waals surface area contributed by atoms with Crippen LogP contribution in [0.15, 0.2) is 18.3 Å². The van der Waals surface area contributed by atoms with Gasteiger partial charge < -0.3 is 14.4 Å². The number of carbonyl (C=O) groups excluding carboxylic acids is 1. The SMILES string of the molecule is COc1ncccc1CN1CC2(C[C@H](OCC(=O)N(C)C)CS2)C1. The number of hydrogen-bond acceptors (Lipinski definition) is 6. The van der Waals surface area contributed by atoms with Crippen molar-refractivity contribution in [3.8, 4) is 5.88 Å². The summed E-state index contributed by atoms with van der Waals surface area (Å²) in [4.78, 5) is 19.9. The van der Waals surface area contributed by atoms with Crippen LogP contribution in [-0.2, 0) is 16.1 Å². The lowest BCUT2D eigenvalue weighted by molar-refractivity contribution is -0.135. The molecule has 0 N–H and O–H groups in total. The van der Waals surface area contributed by atoms with Gasteiger partial charge in [-0.2, -0.15) is 0 Å². The molecular formula is C17H25N3O3S. The van der Waals surface area contributed by atoms with Gasteiger partial charge in [-0.05, 0) is 12.5 Å². The Morgan fingerprint density at radius 2 is 2.29 bits per heavy atom. The molecule has 7 heteroatoms. The molecule has 2 aliphatic heterocycles. The van der Waals surface area contributed by atoms with Crippen LogP contribution in [0.25, 0.3) is 0 Å². The van der Waals surface area contributed by atoms with Gasteiger partial charge in [0.2, 0.25) is 11.8 Å². The van der Waals surface area contributed by atoms with Crippen molar-refractivity contribution in [2.75, 3.05) is 46.7 Å². The zero-order valence-electron chi connectivity index (χ0n) is 14.5. The monoisotopic (exact) mass is 351 g/mol. The summed E-state index contributed by atoms with van der Waals surface area (Å²) in [6, 6.07) is 4.01. The predicted octanol–water partition coefficient (Wildman–Crippen LogP) is 1.25. The van der Waals surface area contributed by atoms with Crippen molar-refractivity contribution in [3.63, 3.8) is 0 Å². The molecule has 2 fully saturated rings. The number of pyridine rings is 1. The normalized spacial score (nSPS) is 22.4. The highest BCUT2D eigenvalue weighted by atomic mass is 32.2. The molecule has 1 amide bonds. The second kappa shape index (κ2) is 7.29. The smallest absolute Gasteiger partial charge is 0.248 e. The first-order chi connectivity index (χ1) is 11.5. The fraction of sp³-hybridized carbons (Fsp3) is 0.647. The van der Waals surface area contributed by atoms with Gasteiger partial charge in [-0.3, -0.25) is 9.69 Å². The van der Waals surface area contributed by atoms with E-state index in [2.05, 4.69) is 16.0 Å². The highest BCUT2D eigenvalue weighted by Gasteiger charge is 2.49. The number of hydrogen-bond donors (Lipinski definition) is 0. The van der Waals surface area contributed by atoms with E-state index < -0.39 is 0 Å². The number of likely N-dealkylation sites (tertiary alicyclic amines) is 1. The number of amides is 1. The summed E-state index contributed by atoms with van der Waals surface area (Å²) in [6.07, 6.45) is 2.97. The molecule has 6 nitrogen and oxygen atoms in total. The molecule has 0 aliphatic carbocycles. The zero-order chi connectivity index (χ0) is 17.2. The zero-order valence-corrected chi connectivity index (χ0v) is 15.3. The second-order valence-corrected chi connectivity index (χ2v) is 8.22. The van der Waals surface area contributed by atoms with Crippen LogP contribution in [0.3, 0.4) is 0 Å². The van der Waals surface area contributed by atoms with Crippen molar-refractivity contribution >= 4 is 17.7 Å². The maximum atomic E-state index is 11.6. The van der Waals surface area contributed by atoms with Gasteiger partial charge in [0, 0.05) is 56.0 Å². The number of carbonyl (C=O) groups is 1. The van der Waals surface area contributed by atoms with Crippen LogP contribution >= 0.6 is 11.8 Å². The molecule has 3 heterocycles. The molecular weight excluding hydrogens is 326 g/mol. The lowest BCUT2D eigenvalue weighted by Crippen LogP contribution is -2.58. The topological polar surface area (TPSA) is 54.9 Å². The molecule has 1 atom stereocenters. The van der Waals surface area contributed by atoms with Gasteiger partial charge in [-0.1, -0.05) is 6.07 Å². The molecule has 0 unspecified atom stereocenters. The fourth-order valence-electron chi connectivity index (χ4n) is 3.30. The average Bonchev–Trinajstić information content (AvgIpc) is 2.97. The van der Waals surface area contributed by atoms with Crippen molar-refractivity contribution in [2.45, 2.75) is 23.8 Å². The number of methoxy groups -OCH3 is 1. The summed E-state index contributed by atoms with van der Waals surface area (Å²) < 4.78 is 11.4. The second-order valence-electron chi connectivity index (χ2n) is 6.74.